The Morgan fingerprint density at radius 3 is 2.00 bits per heavy atom. The predicted octanol–water partition coefficient (Wildman–Crippen LogP) is 4.09. The molecule has 3 N–H and O–H groups in total. The second-order valence-corrected chi connectivity index (χ2v) is 6.02. The van der Waals surface area contributed by atoms with Crippen molar-refractivity contribution in [3.8, 4) is 0 Å². The van der Waals surface area contributed by atoms with Crippen LogP contribution in [0.2, 0.25) is 0 Å². The third-order valence-electron chi connectivity index (χ3n) is 3.43. The summed E-state index contributed by atoms with van der Waals surface area (Å²) in [7, 11) is 0. The number of nitrogens with one attached hydrogen (secondary N) is 1. The molecule has 0 aromatic rings. The number of amides is 1. The lowest BCUT2D eigenvalue weighted by Crippen LogP contribution is -2.24. The molecule has 0 heterocycles. The summed E-state index contributed by atoms with van der Waals surface area (Å²) in [4.78, 5) is 12.0. The molecule has 0 fully saturated rings. The minimum Gasteiger partial charge on any atom is -0.393 e. The van der Waals surface area contributed by atoms with Gasteiger partial charge in [0.2, 0.25) is 5.91 Å². The SMILES string of the molecule is CCCCCCCCCCCC(=O)NCCCC(N)=S. The monoisotopic (exact) mass is 300 g/mol. The number of nitrogens with two attached hydrogens (primary N) is 1. The Morgan fingerprint density at radius 1 is 0.900 bits per heavy atom. The molecule has 0 aromatic heterocycles. The lowest BCUT2D eigenvalue weighted by Gasteiger charge is -2.05. The van der Waals surface area contributed by atoms with Crippen LogP contribution in [0.25, 0.3) is 0 Å². The van der Waals surface area contributed by atoms with Gasteiger partial charge in [0.15, 0.2) is 0 Å². The number of thiocarbonyl (C=S) groups is 1. The summed E-state index contributed by atoms with van der Waals surface area (Å²) in [6.07, 6.45) is 13.8. The van der Waals surface area contributed by atoms with Gasteiger partial charge in [0.05, 0.1) is 4.99 Å². The normalized spacial score (nSPS) is 10.4. The Labute approximate surface area is 130 Å². The van der Waals surface area contributed by atoms with Crippen molar-refractivity contribution in [3.05, 3.63) is 0 Å². The lowest BCUT2D eigenvalue weighted by molar-refractivity contribution is -0.121. The van der Waals surface area contributed by atoms with Gasteiger partial charge in [-0.25, -0.2) is 0 Å². The Morgan fingerprint density at radius 2 is 1.45 bits per heavy atom. The Balaban J connectivity index is 3.17. The Bertz CT molecular complexity index is 257. The van der Waals surface area contributed by atoms with Gasteiger partial charge in [0, 0.05) is 13.0 Å². The van der Waals surface area contributed by atoms with Gasteiger partial charge in [-0.3, -0.25) is 4.79 Å². The van der Waals surface area contributed by atoms with Crippen molar-refractivity contribution >= 4 is 23.1 Å². The van der Waals surface area contributed by atoms with E-state index in [1.807, 2.05) is 0 Å². The van der Waals surface area contributed by atoms with Crippen molar-refractivity contribution in [2.45, 2.75) is 84.0 Å². The van der Waals surface area contributed by atoms with Gasteiger partial charge in [0.1, 0.15) is 0 Å². The zero-order valence-electron chi connectivity index (χ0n) is 13.1. The molecule has 0 aliphatic rings. The molecule has 0 radical (unpaired) electrons. The fourth-order valence-corrected chi connectivity index (χ4v) is 2.32. The van der Waals surface area contributed by atoms with Crippen LogP contribution in [0.4, 0.5) is 0 Å². The number of carbonyl (C=O) groups is 1. The van der Waals surface area contributed by atoms with Crippen molar-refractivity contribution in [2.24, 2.45) is 5.73 Å². The highest BCUT2D eigenvalue weighted by Crippen LogP contribution is 2.10. The van der Waals surface area contributed by atoms with E-state index in [9.17, 15) is 4.79 Å². The molecule has 4 heteroatoms. The van der Waals surface area contributed by atoms with Crippen molar-refractivity contribution in [1.29, 1.82) is 0 Å². The average Bonchev–Trinajstić information content (AvgIpc) is 2.41. The van der Waals surface area contributed by atoms with E-state index < -0.39 is 0 Å². The molecular weight excluding hydrogens is 268 g/mol. The van der Waals surface area contributed by atoms with Crippen molar-refractivity contribution in [2.75, 3.05) is 6.54 Å². The van der Waals surface area contributed by atoms with E-state index in [-0.39, 0.29) is 5.91 Å². The standard InChI is InChI=1S/C16H32N2OS/c1-2-3-4-5-6-7-8-9-10-13-16(19)18-14-11-12-15(17)20/h2-14H2,1H3,(H2,17,20)(H,18,19). The van der Waals surface area contributed by atoms with Crippen LogP contribution < -0.4 is 11.1 Å². The molecule has 0 saturated heterocycles. The fourth-order valence-electron chi connectivity index (χ4n) is 2.18. The lowest BCUT2D eigenvalue weighted by atomic mass is 10.1. The van der Waals surface area contributed by atoms with E-state index in [2.05, 4.69) is 12.2 Å². The first-order valence-corrected chi connectivity index (χ1v) is 8.62. The molecule has 118 valence electrons. The summed E-state index contributed by atoms with van der Waals surface area (Å²) in [5.41, 5.74) is 5.39. The number of carbonyl (C=O) groups excluding carboxylic acids is 1. The predicted molar refractivity (Wildman–Crippen MR) is 90.9 cm³/mol. The maximum atomic E-state index is 11.5. The molecule has 0 rings (SSSR count). The van der Waals surface area contributed by atoms with Gasteiger partial charge < -0.3 is 11.1 Å². The number of hydrogen-bond donors (Lipinski definition) is 2. The zero-order valence-corrected chi connectivity index (χ0v) is 13.9. The van der Waals surface area contributed by atoms with E-state index in [0.717, 1.165) is 12.8 Å². The molecule has 0 bridgehead atoms. The first-order valence-electron chi connectivity index (χ1n) is 8.21. The zero-order chi connectivity index (χ0) is 15.1. The van der Waals surface area contributed by atoms with Gasteiger partial charge in [-0.1, -0.05) is 70.5 Å². The van der Waals surface area contributed by atoms with Crippen LogP contribution in [0.3, 0.4) is 0 Å². The second-order valence-electron chi connectivity index (χ2n) is 5.50. The second kappa shape index (κ2) is 14.8. The van der Waals surface area contributed by atoms with E-state index >= 15 is 0 Å². The van der Waals surface area contributed by atoms with E-state index in [1.165, 1.54) is 51.4 Å². The van der Waals surface area contributed by atoms with Crippen LogP contribution in [-0.4, -0.2) is 17.4 Å². The van der Waals surface area contributed by atoms with Crippen LogP contribution in [0.15, 0.2) is 0 Å². The molecule has 3 nitrogen and oxygen atoms in total. The maximum absolute atomic E-state index is 11.5. The number of rotatable bonds is 14. The Kier molecular flexibility index (Phi) is 14.3. The highest BCUT2D eigenvalue weighted by Gasteiger charge is 2.00. The van der Waals surface area contributed by atoms with E-state index in [0.29, 0.717) is 24.4 Å². The molecule has 0 unspecified atom stereocenters. The Hall–Kier alpha value is -0.640. The number of hydrogen-bond acceptors (Lipinski definition) is 2. The van der Waals surface area contributed by atoms with Gasteiger partial charge in [-0.2, -0.15) is 0 Å². The maximum Gasteiger partial charge on any atom is 0.219 e. The van der Waals surface area contributed by atoms with E-state index in [1.54, 1.807) is 0 Å². The molecule has 0 aliphatic heterocycles. The minimum absolute atomic E-state index is 0.163. The largest absolute Gasteiger partial charge is 0.393 e. The molecular formula is C16H32N2OS. The molecule has 0 spiro atoms. The molecule has 0 atom stereocenters. The number of unbranched alkanes of at least 4 members (excludes halogenated alkanes) is 8. The summed E-state index contributed by atoms with van der Waals surface area (Å²) >= 11 is 4.78. The first kappa shape index (κ1) is 19.4. The molecule has 0 saturated carbocycles. The highest BCUT2D eigenvalue weighted by molar-refractivity contribution is 7.80. The topological polar surface area (TPSA) is 55.1 Å². The molecule has 0 aromatic carbocycles. The molecule has 1 amide bonds. The average molecular weight is 301 g/mol. The van der Waals surface area contributed by atoms with Gasteiger partial charge >= 0.3 is 0 Å². The van der Waals surface area contributed by atoms with Gasteiger partial charge in [-0.15, -0.1) is 0 Å². The third-order valence-corrected chi connectivity index (χ3v) is 3.63. The summed E-state index contributed by atoms with van der Waals surface area (Å²) in [5.74, 6) is 0.163. The van der Waals surface area contributed by atoms with E-state index in [4.69, 9.17) is 18.0 Å². The fraction of sp³-hybridized carbons (Fsp3) is 0.875. The van der Waals surface area contributed by atoms with Gasteiger partial charge in [0.25, 0.3) is 0 Å². The van der Waals surface area contributed by atoms with Crippen molar-refractivity contribution in [1.82, 2.24) is 5.32 Å². The molecule has 0 aliphatic carbocycles. The minimum atomic E-state index is 0.163. The summed E-state index contributed by atoms with van der Waals surface area (Å²) < 4.78 is 0. The quantitative estimate of drug-likeness (QED) is 0.375. The van der Waals surface area contributed by atoms with Crippen LogP contribution in [0, 0.1) is 0 Å². The summed E-state index contributed by atoms with van der Waals surface area (Å²) in [6.45, 7) is 2.93. The van der Waals surface area contributed by atoms with Gasteiger partial charge in [-0.05, 0) is 19.3 Å². The third kappa shape index (κ3) is 15.4. The first-order chi connectivity index (χ1) is 9.66. The summed E-state index contributed by atoms with van der Waals surface area (Å²) in [6, 6.07) is 0. The van der Waals surface area contributed by atoms with Crippen LogP contribution in [-0.2, 0) is 4.79 Å². The molecule has 20 heavy (non-hydrogen) atoms. The van der Waals surface area contributed by atoms with Crippen LogP contribution >= 0.6 is 12.2 Å². The van der Waals surface area contributed by atoms with Crippen LogP contribution in [0.5, 0.6) is 0 Å². The summed E-state index contributed by atoms with van der Waals surface area (Å²) in [5, 5.41) is 2.91. The smallest absolute Gasteiger partial charge is 0.219 e. The van der Waals surface area contributed by atoms with Crippen LogP contribution in [0.1, 0.15) is 84.0 Å². The van der Waals surface area contributed by atoms with Crippen molar-refractivity contribution < 1.29 is 4.79 Å². The van der Waals surface area contributed by atoms with Crippen molar-refractivity contribution in [3.63, 3.8) is 0 Å². The highest BCUT2D eigenvalue weighted by atomic mass is 32.1.